The maximum Gasteiger partial charge on any atom is 0.217 e. The van der Waals surface area contributed by atoms with Gasteiger partial charge in [0.2, 0.25) is 10.0 Å². The fourth-order valence-electron chi connectivity index (χ4n) is 2.51. The molecular weight excluding hydrogens is 292 g/mol. The lowest BCUT2D eigenvalue weighted by atomic mass is 9.86. The lowest BCUT2D eigenvalue weighted by Crippen LogP contribution is -2.43. The number of aromatic nitrogens is 1. The molecule has 0 amide bonds. The van der Waals surface area contributed by atoms with E-state index in [4.69, 9.17) is 9.26 Å². The van der Waals surface area contributed by atoms with Crippen LogP contribution in [0.5, 0.6) is 0 Å². The van der Waals surface area contributed by atoms with Crippen molar-refractivity contribution < 1.29 is 17.7 Å². The van der Waals surface area contributed by atoms with Gasteiger partial charge >= 0.3 is 0 Å². The van der Waals surface area contributed by atoms with Gasteiger partial charge in [-0.15, -0.1) is 0 Å². The standard InChI is InChI=1S/C14H24N2O4S/c1-5-13(14(2,3)4)16-21(17,18)9-11-10-8-19-7-6-12(10)20-15-11/h13,16H,5-9H2,1-4H3/t13-/m1/s1. The molecule has 1 aliphatic rings. The smallest absolute Gasteiger partial charge is 0.217 e. The highest BCUT2D eigenvalue weighted by Gasteiger charge is 2.29. The molecule has 7 heteroatoms. The zero-order valence-electron chi connectivity index (χ0n) is 13.1. The third-order valence-electron chi connectivity index (χ3n) is 3.77. The fraction of sp³-hybridized carbons (Fsp3) is 0.786. The van der Waals surface area contributed by atoms with Gasteiger partial charge in [0.25, 0.3) is 0 Å². The van der Waals surface area contributed by atoms with Crippen LogP contribution in [-0.4, -0.2) is 26.2 Å². The molecule has 0 saturated carbocycles. The van der Waals surface area contributed by atoms with E-state index in [2.05, 4.69) is 9.88 Å². The third-order valence-corrected chi connectivity index (χ3v) is 5.07. The van der Waals surface area contributed by atoms with Crippen molar-refractivity contribution in [2.75, 3.05) is 6.61 Å². The van der Waals surface area contributed by atoms with Crippen LogP contribution in [0.3, 0.4) is 0 Å². The largest absolute Gasteiger partial charge is 0.376 e. The summed E-state index contributed by atoms with van der Waals surface area (Å²) < 4.78 is 38.1. The molecule has 21 heavy (non-hydrogen) atoms. The van der Waals surface area contributed by atoms with Crippen LogP contribution >= 0.6 is 0 Å². The number of hydrogen-bond acceptors (Lipinski definition) is 5. The van der Waals surface area contributed by atoms with Crippen LogP contribution in [0.2, 0.25) is 0 Å². The molecule has 1 aromatic rings. The Morgan fingerprint density at radius 2 is 2.10 bits per heavy atom. The Hall–Kier alpha value is -0.920. The van der Waals surface area contributed by atoms with Gasteiger partial charge < -0.3 is 9.26 Å². The number of nitrogens with zero attached hydrogens (tertiary/aromatic N) is 1. The Morgan fingerprint density at radius 1 is 1.38 bits per heavy atom. The van der Waals surface area contributed by atoms with Crippen molar-refractivity contribution in [3.05, 3.63) is 17.0 Å². The van der Waals surface area contributed by atoms with Gasteiger partial charge in [-0.05, 0) is 11.8 Å². The van der Waals surface area contributed by atoms with Gasteiger partial charge in [-0.1, -0.05) is 32.9 Å². The van der Waals surface area contributed by atoms with Gasteiger partial charge in [0.15, 0.2) is 0 Å². The van der Waals surface area contributed by atoms with Crippen LogP contribution in [0.4, 0.5) is 0 Å². The highest BCUT2D eigenvalue weighted by atomic mass is 32.2. The molecule has 2 rings (SSSR count). The third kappa shape index (κ3) is 4.05. The number of fused-ring (bicyclic) bond motifs is 1. The summed E-state index contributed by atoms with van der Waals surface area (Å²) in [6, 6.07) is -0.110. The number of ether oxygens (including phenoxy) is 1. The average Bonchev–Trinajstić information content (AvgIpc) is 2.78. The zero-order valence-corrected chi connectivity index (χ0v) is 13.9. The molecule has 6 nitrogen and oxygen atoms in total. The Kier molecular flexibility index (Phi) is 4.75. The van der Waals surface area contributed by atoms with Gasteiger partial charge in [0.1, 0.15) is 17.2 Å². The second-order valence-electron chi connectivity index (χ2n) is 6.54. The zero-order chi connectivity index (χ0) is 15.7. The van der Waals surface area contributed by atoms with Gasteiger partial charge in [-0.2, -0.15) is 0 Å². The van der Waals surface area contributed by atoms with E-state index in [1.165, 1.54) is 0 Å². The predicted octanol–water partition coefficient (Wildman–Crippen LogP) is 1.99. The molecule has 0 spiro atoms. The minimum Gasteiger partial charge on any atom is -0.376 e. The van der Waals surface area contributed by atoms with Crippen LogP contribution in [0.25, 0.3) is 0 Å². The number of sulfonamides is 1. The summed E-state index contributed by atoms with van der Waals surface area (Å²) in [7, 11) is -3.46. The molecule has 1 N–H and O–H groups in total. The number of hydrogen-bond donors (Lipinski definition) is 1. The van der Waals surface area contributed by atoms with E-state index >= 15 is 0 Å². The van der Waals surface area contributed by atoms with Crippen molar-refractivity contribution in [1.82, 2.24) is 9.88 Å². The van der Waals surface area contributed by atoms with Crippen LogP contribution in [0, 0.1) is 5.41 Å². The lowest BCUT2D eigenvalue weighted by Gasteiger charge is -2.30. The summed E-state index contributed by atoms with van der Waals surface area (Å²) in [5.41, 5.74) is 1.12. The minimum atomic E-state index is -3.46. The fourth-order valence-corrected chi connectivity index (χ4v) is 4.13. The maximum absolute atomic E-state index is 12.4. The van der Waals surface area contributed by atoms with Crippen LogP contribution < -0.4 is 4.72 Å². The van der Waals surface area contributed by atoms with Crippen molar-refractivity contribution in [2.45, 2.75) is 58.9 Å². The summed E-state index contributed by atoms with van der Waals surface area (Å²) >= 11 is 0. The van der Waals surface area contributed by atoms with Crippen molar-refractivity contribution in [1.29, 1.82) is 0 Å². The van der Waals surface area contributed by atoms with E-state index < -0.39 is 10.0 Å². The molecule has 0 saturated heterocycles. The Labute approximate surface area is 126 Å². The summed E-state index contributed by atoms with van der Waals surface area (Å²) in [5.74, 6) is 0.580. The van der Waals surface area contributed by atoms with Gasteiger partial charge in [0.05, 0.1) is 13.2 Å². The van der Waals surface area contributed by atoms with E-state index in [0.717, 1.165) is 17.7 Å². The quantitative estimate of drug-likeness (QED) is 0.898. The first kappa shape index (κ1) is 16.5. The average molecular weight is 316 g/mol. The summed E-state index contributed by atoms with van der Waals surface area (Å²) in [6.07, 6.45) is 1.39. The summed E-state index contributed by atoms with van der Waals surface area (Å²) in [5, 5.41) is 3.90. The van der Waals surface area contributed by atoms with Gasteiger partial charge in [-0.25, -0.2) is 13.1 Å². The molecular formula is C14H24N2O4S. The molecule has 0 aliphatic carbocycles. The summed E-state index contributed by atoms with van der Waals surface area (Å²) in [4.78, 5) is 0. The molecule has 0 fully saturated rings. The van der Waals surface area contributed by atoms with Crippen molar-refractivity contribution in [2.24, 2.45) is 5.41 Å². The second kappa shape index (κ2) is 6.06. The first-order valence-corrected chi connectivity index (χ1v) is 8.92. The predicted molar refractivity (Wildman–Crippen MR) is 79.2 cm³/mol. The van der Waals surface area contributed by atoms with E-state index in [1.54, 1.807) is 0 Å². The first-order chi connectivity index (χ1) is 9.73. The Morgan fingerprint density at radius 3 is 2.71 bits per heavy atom. The van der Waals surface area contributed by atoms with E-state index in [9.17, 15) is 8.42 Å². The van der Waals surface area contributed by atoms with Gasteiger partial charge in [-0.3, -0.25) is 0 Å². The minimum absolute atomic E-state index is 0.110. The molecule has 2 heterocycles. The molecule has 0 bridgehead atoms. The first-order valence-electron chi connectivity index (χ1n) is 7.27. The highest BCUT2D eigenvalue weighted by Crippen LogP contribution is 2.25. The van der Waals surface area contributed by atoms with Crippen molar-refractivity contribution in [3.8, 4) is 0 Å². The molecule has 0 unspecified atom stereocenters. The number of nitrogens with one attached hydrogen (secondary N) is 1. The van der Waals surface area contributed by atoms with Crippen molar-refractivity contribution in [3.63, 3.8) is 0 Å². The SMILES string of the molecule is CC[C@@H](NS(=O)(=O)Cc1noc2c1COCC2)C(C)(C)C. The van der Waals surface area contributed by atoms with E-state index in [1.807, 2.05) is 27.7 Å². The Bertz CT molecular complexity index is 587. The number of rotatable bonds is 5. The lowest BCUT2D eigenvalue weighted by molar-refractivity contribution is 0.102. The Balaban J connectivity index is 2.13. The molecule has 1 atom stereocenters. The monoisotopic (exact) mass is 316 g/mol. The molecule has 1 aliphatic heterocycles. The second-order valence-corrected chi connectivity index (χ2v) is 8.29. The molecule has 1 aromatic heterocycles. The van der Waals surface area contributed by atoms with Gasteiger partial charge in [0, 0.05) is 18.0 Å². The topological polar surface area (TPSA) is 81.4 Å². The molecule has 0 aromatic carbocycles. The maximum atomic E-state index is 12.4. The van der Waals surface area contributed by atoms with Crippen molar-refractivity contribution >= 4 is 10.0 Å². The van der Waals surface area contributed by atoms with Crippen LogP contribution in [-0.2, 0) is 33.5 Å². The van der Waals surface area contributed by atoms with E-state index in [-0.39, 0.29) is 17.2 Å². The summed E-state index contributed by atoms with van der Waals surface area (Å²) in [6.45, 7) is 9.01. The molecule has 120 valence electrons. The van der Waals surface area contributed by atoms with E-state index in [0.29, 0.717) is 25.3 Å². The normalized spacial score (nSPS) is 17.5. The van der Waals surface area contributed by atoms with Crippen LogP contribution in [0.15, 0.2) is 4.52 Å². The molecule has 0 radical (unpaired) electrons. The highest BCUT2D eigenvalue weighted by molar-refractivity contribution is 7.88. The van der Waals surface area contributed by atoms with Crippen LogP contribution in [0.1, 0.15) is 51.1 Å².